The number of sulfonamides is 1. The first-order valence-electron chi connectivity index (χ1n) is 13.6. The van der Waals surface area contributed by atoms with E-state index in [1.165, 1.54) is 83.6 Å². The predicted molar refractivity (Wildman–Crippen MR) is 159 cm³/mol. The summed E-state index contributed by atoms with van der Waals surface area (Å²) in [5, 5.41) is 12.6. The van der Waals surface area contributed by atoms with Gasteiger partial charge in [0.05, 0.1) is 42.4 Å². The normalized spacial score (nSPS) is 17.5. The fourth-order valence-electron chi connectivity index (χ4n) is 4.61. The Bertz CT molecular complexity index is 1550. The van der Waals surface area contributed by atoms with Crippen LogP contribution in [0.4, 0.5) is 20.6 Å². The van der Waals surface area contributed by atoms with Crippen molar-refractivity contribution in [1.82, 2.24) is 9.80 Å². The van der Waals surface area contributed by atoms with E-state index >= 15 is 0 Å². The molecule has 0 aliphatic carbocycles. The van der Waals surface area contributed by atoms with E-state index in [1.807, 2.05) is 6.92 Å². The molecule has 13 heteroatoms. The van der Waals surface area contributed by atoms with Gasteiger partial charge in [-0.05, 0) is 67.6 Å². The number of rotatable bonds is 9. The van der Waals surface area contributed by atoms with Crippen LogP contribution in [0.1, 0.15) is 24.2 Å². The topological polar surface area (TPSA) is 138 Å². The Hall–Kier alpha value is -4.36. The molecule has 1 aliphatic heterocycles. The highest BCUT2D eigenvalue weighted by molar-refractivity contribution is 7.92. The van der Waals surface area contributed by atoms with Gasteiger partial charge in [-0.1, -0.05) is 13.0 Å². The Morgan fingerprint density at radius 1 is 1.16 bits per heavy atom. The van der Waals surface area contributed by atoms with Gasteiger partial charge in [-0.25, -0.2) is 17.6 Å². The number of hydrogen-bond donors (Lipinski definition) is 3. The second-order valence-electron chi connectivity index (χ2n) is 10.4. The fourth-order valence-corrected chi connectivity index (χ4v) is 5.67. The van der Waals surface area contributed by atoms with Gasteiger partial charge in [0.25, 0.3) is 15.9 Å². The number of nitrogens with zero attached hydrogens (tertiary/aromatic N) is 2. The smallest absolute Gasteiger partial charge is 0.321 e. The number of ether oxygens (including phenoxy) is 2. The van der Waals surface area contributed by atoms with Crippen LogP contribution in [0, 0.1) is 11.7 Å². The number of fused-ring (bicyclic) bond motifs is 1. The molecule has 3 amide bonds. The summed E-state index contributed by atoms with van der Waals surface area (Å²) in [7, 11) is -1.07. The largest absolute Gasteiger partial charge is 0.497 e. The molecule has 0 radical (unpaired) electrons. The van der Waals surface area contributed by atoms with Crippen molar-refractivity contribution < 1.29 is 37.0 Å². The van der Waals surface area contributed by atoms with Crippen LogP contribution in [0.3, 0.4) is 0 Å². The van der Waals surface area contributed by atoms with Crippen LogP contribution in [-0.2, 0) is 10.0 Å². The van der Waals surface area contributed by atoms with Crippen molar-refractivity contribution in [2.24, 2.45) is 5.92 Å². The number of carbonyl (C=O) groups excluding carboxylic acids is 2. The first kappa shape index (κ1) is 31.6. The van der Waals surface area contributed by atoms with E-state index in [0.717, 1.165) is 0 Å². The van der Waals surface area contributed by atoms with Crippen LogP contribution in [0.2, 0.25) is 0 Å². The molecule has 0 spiro atoms. The number of urea groups is 1. The van der Waals surface area contributed by atoms with Crippen molar-refractivity contribution in [3.05, 3.63) is 78.1 Å². The molecule has 3 atom stereocenters. The molecule has 0 unspecified atom stereocenters. The van der Waals surface area contributed by atoms with Crippen LogP contribution < -0.4 is 19.5 Å². The van der Waals surface area contributed by atoms with Gasteiger partial charge in [-0.15, -0.1) is 0 Å². The summed E-state index contributed by atoms with van der Waals surface area (Å²) in [6, 6.07) is 14.7. The van der Waals surface area contributed by atoms with Crippen LogP contribution in [0.15, 0.2) is 71.6 Å². The minimum absolute atomic E-state index is 0.00335. The van der Waals surface area contributed by atoms with E-state index in [9.17, 15) is 27.5 Å². The number of hydrogen-bond acceptors (Lipinski definition) is 7. The van der Waals surface area contributed by atoms with E-state index in [1.54, 1.807) is 14.0 Å². The molecule has 0 saturated carbocycles. The first-order valence-corrected chi connectivity index (χ1v) is 15.1. The maximum absolute atomic E-state index is 13.7. The number of methoxy groups -OCH3 is 1. The SMILES string of the molecule is COc1ccc(S(=O)(=O)Nc2cccc3c2O[C@@H](CN(C)C(=O)Nc2ccc(F)cc2)[C@@H](C)CN([C@H](C)CO)C3=O)cc1. The number of anilines is 2. The third-order valence-corrected chi connectivity index (χ3v) is 8.58. The molecule has 230 valence electrons. The second kappa shape index (κ2) is 13.3. The van der Waals surface area contributed by atoms with Crippen molar-refractivity contribution in [3.8, 4) is 11.5 Å². The number of likely N-dealkylation sites (N-methyl/N-ethyl adjacent to an activating group) is 1. The maximum atomic E-state index is 13.7. The Labute approximate surface area is 250 Å². The number of amides is 3. The average Bonchev–Trinajstić information content (AvgIpc) is 2.99. The zero-order valence-electron chi connectivity index (χ0n) is 24.3. The number of para-hydroxylation sites is 1. The maximum Gasteiger partial charge on any atom is 0.321 e. The highest BCUT2D eigenvalue weighted by Crippen LogP contribution is 2.36. The second-order valence-corrected chi connectivity index (χ2v) is 12.1. The van der Waals surface area contributed by atoms with Crippen molar-refractivity contribution >= 4 is 33.3 Å². The van der Waals surface area contributed by atoms with Gasteiger partial charge in [0.15, 0.2) is 5.75 Å². The minimum atomic E-state index is -4.10. The van der Waals surface area contributed by atoms with Gasteiger partial charge >= 0.3 is 6.03 Å². The summed E-state index contributed by atoms with van der Waals surface area (Å²) in [5.41, 5.74) is 0.542. The van der Waals surface area contributed by atoms with Crippen LogP contribution in [-0.4, -0.2) is 81.3 Å². The first-order chi connectivity index (χ1) is 20.4. The average molecular weight is 615 g/mol. The molecule has 0 bridgehead atoms. The summed E-state index contributed by atoms with van der Waals surface area (Å²) in [6.45, 7) is 3.53. The zero-order chi connectivity index (χ0) is 31.3. The highest BCUT2D eigenvalue weighted by Gasteiger charge is 2.35. The molecular weight excluding hydrogens is 579 g/mol. The molecule has 3 aromatic rings. The van der Waals surface area contributed by atoms with E-state index < -0.39 is 39.9 Å². The zero-order valence-corrected chi connectivity index (χ0v) is 25.1. The van der Waals surface area contributed by atoms with Gasteiger partial charge in [0.2, 0.25) is 0 Å². The van der Waals surface area contributed by atoms with E-state index in [0.29, 0.717) is 11.4 Å². The van der Waals surface area contributed by atoms with Crippen molar-refractivity contribution in [1.29, 1.82) is 0 Å². The van der Waals surface area contributed by atoms with Gasteiger partial charge in [0, 0.05) is 25.2 Å². The van der Waals surface area contributed by atoms with Crippen molar-refractivity contribution in [2.75, 3.05) is 43.9 Å². The number of aliphatic hydroxyl groups is 1. The van der Waals surface area contributed by atoms with E-state index in [2.05, 4.69) is 10.0 Å². The highest BCUT2D eigenvalue weighted by atomic mass is 32.2. The Morgan fingerprint density at radius 2 is 1.84 bits per heavy atom. The monoisotopic (exact) mass is 614 g/mol. The van der Waals surface area contributed by atoms with Gasteiger partial charge in [-0.2, -0.15) is 0 Å². The Kier molecular flexibility index (Phi) is 9.77. The molecule has 3 N–H and O–H groups in total. The van der Waals surface area contributed by atoms with Crippen LogP contribution >= 0.6 is 0 Å². The lowest BCUT2D eigenvalue weighted by Crippen LogP contribution is -2.50. The lowest BCUT2D eigenvalue weighted by molar-refractivity contribution is 0.0373. The number of halogens is 1. The van der Waals surface area contributed by atoms with Gasteiger partial charge < -0.3 is 29.7 Å². The number of benzene rings is 3. The van der Waals surface area contributed by atoms with Crippen molar-refractivity contribution in [2.45, 2.75) is 30.9 Å². The molecule has 0 fully saturated rings. The molecular formula is C30H35FN4O7S. The van der Waals surface area contributed by atoms with Crippen LogP contribution in [0.5, 0.6) is 11.5 Å². The van der Waals surface area contributed by atoms with Gasteiger partial charge in [0.1, 0.15) is 17.7 Å². The summed E-state index contributed by atoms with van der Waals surface area (Å²) in [5.74, 6) is -0.728. The van der Waals surface area contributed by atoms with E-state index in [-0.39, 0.29) is 47.5 Å². The minimum Gasteiger partial charge on any atom is -0.497 e. The molecule has 11 nitrogen and oxygen atoms in total. The number of carbonyl (C=O) groups is 2. The molecule has 0 aromatic heterocycles. The fraction of sp³-hybridized carbons (Fsp3) is 0.333. The summed E-state index contributed by atoms with van der Waals surface area (Å²) >= 11 is 0. The molecule has 1 heterocycles. The quantitative estimate of drug-likeness (QED) is 0.331. The standard InChI is InChI=1S/C30H35FN4O7S/c1-19-16-35(20(2)18-36)29(37)25-6-5-7-26(33-43(39,40)24-14-12-23(41-4)13-15-24)28(25)42-27(19)17-34(3)30(38)32-22-10-8-21(31)9-11-22/h5-15,19-20,27,33,36H,16-18H2,1-4H3,(H,32,38)/t19-,20+,27-/m0/s1. The van der Waals surface area contributed by atoms with Gasteiger partial charge in [-0.3, -0.25) is 9.52 Å². The third-order valence-electron chi connectivity index (χ3n) is 7.20. The molecule has 1 aliphatic rings. The molecule has 43 heavy (non-hydrogen) atoms. The lowest BCUT2D eigenvalue weighted by Gasteiger charge is -2.38. The summed E-state index contributed by atoms with van der Waals surface area (Å²) in [4.78, 5) is 29.5. The Morgan fingerprint density at radius 3 is 2.47 bits per heavy atom. The lowest BCUT2D eigenvalue weighted by atomic mass is 9.99. The van der Waals surface area contributed by atoms with Crippen LogP contribution in [0.25, 0.3) is 0 Å². The number of nitrogens with one attached hydrogen (secondary N) is 2. The van der Waals surface area contributed by atoms with E-state index in [4.69, 9.17) is 9.47 Å². The Balaban J connectivity index is 1.68. The predicted octanol–water partition coefficient (Wildman–Crippen LogP) is 4.02. The molecule has 4 rings (SSSR count). The van der Waals surface area contributed by atoms with Crippen molar-refractivity contribution in [3.63, 3.8) is 0 Å². The number of aliphatic hydroxyl groups excluding tert-OH is 1. The summed E-state index contributed by atoms with van der Waals surface area (Å²) < 4.78 is 54.0. The molecule has 3 aromatic carbocycles. The summed E-state index contributed by atoms with van der Waals surface area (Å²) in [6.07, 6.45) is -0.698. The third kappa shape index (κ3) is 7.35. The molecule has 0 saturated heterocycles.